The number of carbonyl (C=O) groups excluding carboxylic acids is 1. The van der Waals surface area contributed by atoms with E-state index < -0.39 is 0 Å². The number of pyridine rings is 1. The molecule has 8 heteroatoms. The summed E-state index contributed by atoms with van der Waals surface area (Å²) in [7, 11) is 0. The Morgan fingerprint density at radius 3 is 3.15 bits per heavy atom. The van der Waals surface area contributed by atoms with Crippen molar-refractivity contribution in [3.05, 3.63) is 41.7 Å². The van der Waals surface area contributed by atoms with E-state index in [4.69, 9.17) is 4.74 Å². The van der Waals surface area contributed by atoms with Gasteiger partial charge in [-0.1, -0.05) is 6.07 Å². The Morgan fingerprint density at radius 1 is 1.42 bits per heavy atom. The zero-order chi connectivity index (χ0) is 18.1. The number of aromatic nitrogens is 3. The van der Waals surface area contributed by atoms with Crippen molar-refractivity contribution in [2.45, 2.75) is 39.0 Å². The molecule has 0 saturated carbocycles. The summed E-state index contributed by atoms with van der Waals surface area (Å²) in [6, 6.07) is 6.33. The van der Waals surface area contributed by atoms with E-state index in [0.717, 1.165) is 35.9 Å². The molecule has 3 aromatic rings. The van der Waals surface area contributed by atoms with Crippen molar-refractivity contribution >= 4 is 28.0 Å². The predicted molar refractivity (Wildman–Crippen MR) is 101 cm³/mol. The summed E-state index contributed by atoms with van der Waals surface area (Å²) >= 11 is 1.52. The molecule has 1 amide bonds. The molecule has 0 aromatic carbocycles. The molecule has 1 fully saturated rings. The Labute approximate surface area is 155 Å². The van der Waals surface area contributed by atoms with Crippen LogP contribution in [0.5, 0.6) is 5.88 Å². The molecule has 3 aromatic heterocycles. The van der Waals surface area contributed by atoms with Gasteiger partial charge in [-0.3, -0.25) is 14.1 Å². The quantitative estimate of drug-likeness (QED) is 0.747. The maximum Gasteiger partial charge on any atom is 0.223 e. The highest BCUT2D eigenvalue weighted by atomic mass is 32.1. The fraction of sp³-hybridized carbons (Fsp3) is 0.389. The number of hydrogen-bond donors (Lipinski definition) is 1. The second-order valence-corrected chi connectivity index (χ2v) is 7.70. The number of thiazole rings is 1. The second kappa shape index (κ2) is 7.05. The molecular formula is C18H21N5O2S. The molecule has 1 aliphatic heterocycles. The highest BCUT2D eigenvalue weighted by molar-refractivity contribution is 7.15. The van der Waals surface area contributed by atoms with Crippen molar-refractivity contribution in [1.82, 2.24) is 19.3 Å². The van der Waals surface area contributed by atoms with E-state index in [-0.39, 0.29) is 12.0 Å². The number of anilines is 1. The Bertz CT molecular complexity index is 921. The summed E-state index contributed by atoms with van der Waals surface area (Å²) in [5.74, 6) is 0.729. The first-order chi connectivity index (χ1) is 12.6. The third-order valence-corrected chi connectivity index (χ3v) is 5.44. The molecule has 7 nitrogen and oxygen atoms in total. The van der Waals surface area contributed by atoms with Gasteiger partial charge in [-0.05, 0) is 19.1 Å². The van der Waals surface area contributed by atoms with Gasteiger partial charge in [0.25, 0.3) is 0 Å². The van der Waals surface area contributed by atoms with Crippen LogP contribution < -0.4 is 10.1 Å². The number of rotatable bonds is 5. The average Bonchev–Trinajstić information content (AvgIpc) is 3.29. The maximum absolute atomic E-state index is 11.1. The van der Waals surface area contributed by atoms with E-state index in [1.54, 1.807) is 6.20 Å². The summed E-state index contributed by atoms with van der Waals surface area (Å²) in [6.07, 6.45) is 6.65. The van der Waals surface area contributed by atoms with Crippen LogP contribution in [-0.4, -0.2) is 43.9 Å². The van der Waals surface area contributed by atoms with Crippen LogP contribution in [0.2, 0.25) is 0 Å². The molecule has 4 heterocycles. The first-order valence-corrected chi connectivity index (χ1v) is 9.45. The zero-order valence-corrected chi connectivity index (χ0v) is 15.6. The SMILES string of the molecule is CC(=O)Nc1ncc(CN2CC(Oc3cccc4nccn34)CC2C)s1. The number of hydrogen-bond acceptors (Lipinski definition) is 6. The minimum atomic E-state index is -0.0948. The van der Waals surface area contributed by atoms with Crippen LogP contribution in [0.4, 0.5) is 5.13 Å². The van der Waals surface area contributed by atoms with Crippen LogP contribution in [0, 0.1) is 0 Å². The number of ether oxygens (including phenoxy) is 1. The minimum absolute atomic E-state index is 0.0948. The number of likely N-dealkylation sites (tertiary alicyclic amines) is 1. The topological polar surface area (TPSA) is 71.8 Å². The number of nitrogens with zero attached hydrogens (tertiary/aromatic N) is 4. The third kappa shape index (κ3) is 3.56. The monoisotopic (exact) mass is 371 g/mol. The van der Waals surface area contributed by atoms with Crippen molar-refractivity contribution in [1.29, 1.82) is 0 Å². The Morgan fingerprint density at radius 2 is 2.31 bits per heavy atom. The predicted octanol–water partition coefficient (Wildman–Crippen LogP) is 2.79. The van der Waals surface area contributed by atoms with Crippen molar-refractivity contribution in [2.75, 3.05) is 11.9 Å². The lowest BCUT2D eigenvalue weighted by molar-refractivity contribution is -0.114. The van der Waals surface area contributed by atoms with Gasteiger partial charge >= 0.3 is 0 Å². The van der Waals surface area contributed by atoms with Crippen LogP contribution in [0.1, 0.15) is 25.1 Å². The highest BCUT2D eigenvalue weighted by Gasteiger charge is 2.31. The highest BCUT2D eigenvalue weighted by Crippen LogP contribution is 2.27. The standard InChI is InChI=1S/C18H21N5O2S/c1-12-8-14(25-17-5-3-4-16-19-6-7-23(16)17)10-22(12)11-15-9-20-18(26-15)21-13(2)24/h3-7,9,12,14H,8,10-11H2,1-2H3,(H,20,21,24). The van der Waals surface area contributed by atoms with E-state index >= 15 is 0 Å². The van der Waals surface area contributed by atoms with Gasteiger partial charge in [0.2, 0.25) is 5.91 Å². The molecule has 0 radical (unpaired) electrons. The second-order valence-electron chi connectivity index (χ2n) is 6.59. The third-order valence-electron chi connectivity index (χ3n) is 4.54. The van der Waals surface area contributed by atoms with Crippen molar-refractivity contribution in [2.24, 2.45) is 0 Å². The number of fused-ring (bicyclic) bond motifs is 1. The Kier molecular flexibility index (Phi) is 4.60. The first kappa shape index (κ1) is 17.0. The molecule has 1 N–H and O–H groups in total. The molecular weight excluding hydrogens is 350 g/mol. The number of amides is 1. The van der Waals surface area contributed by atoms with Gasteiger partial charge in [-0.2, -0.15) is 0 Å². The van der Waals surface area contributed by atoms with Crippen molar-refractivity contribution < 1.29 is 9.53 Å². The van der Waals surface area contributed by atoms with Gasteiger partial charge in [0, 0.05) is 55.9 Å². The summed E-state index contributed by atoms with van der Waals surface area (Å²) in [4.78, 5) is 23.2. The molecule has 136 valence electrons. The van der Waals surface area contributed by atoms with E-state index in [1.807, 2.05) is 35.0 Å². The van der Waals surface area contributed by atoms with Gasteiger partial charge in [-0.15, -0.1) is 11.3 Å². The maximum atomic E-state index is 11.1. The summed E-state index contributed by atoms with van der Waals surface area (Å²) in [6.45, 7) is 5.39. The van der Waals surface area contributed by atoms with Gasteiger partial charge in [0.05, 0.1) is 0 Å². The van der Waals surface area contributed by atoms with Crippen molar-refractivity contribution in [3.63, 3.8) is 0 Å². The van der Waals surface area contributed by atoms with Crippen LogP contribution in [0.3, 0.4) is 0 Å². The van der Waals surface area contributed by atoms with Crippen LogP contribution in [-0.2, 0) is 11.3 Å². The molecule has 0 spiro atoms. The van der Waals surface area contributed by atoms with E-state index in [0.29, 0.717) is 11.2 Å². The molecule has 0 aliphatic carbocycles. The zero-order valence-electron chi connectivity index (χ0n) is 14.8. The fourth-order valence-electron chi connectivity index (χ4n) is 3.33. The molecule has 1 aliphatic rings. The van der Waals surface area contributed by atoms with E-state index in [2.05, 4.69) is 27.1 Å². The average molecular weight is 371 g/mol. The lowest BCUT2D eigenvalue weighted by Gasteiger charge is -2.19. The summed E-state index contributed by atoms with van der Waals surface area (Å²) in [5.41, 5.74) is 0.889. The number of carbonyl (C=O) groups is 1. The van der Waals surface area contributed by atoms with Crippen LogP contribution in [0.15, 0.2) is 36.8 Å². The smallest absolute Gasteiger partial charge is 0.223 e. The van der Waals surface area contributed by atoms with Gasteiger partial charge in [-0.25, -0.2) is 9.97 Å². The summed E-state index contributed by atoms with van der Waals surface area (Å²) in [5, 5.41) is 3.39. The molecule has 2 unspecified atom stereocenters. The molecule has 26 heavy (non-hydrogen) atoms. The van der Waals surface area contributed by atoms with Gasteiger partial charge < -0.3 is 10.1 Å². The molecule has 0 bridgehead atoms. The van der Waals surface area contributed by atoms with E-state index in [9.17, 15) is 4.79 Å². The van der Waals surface area contributed by atoms with Crippen LogP contribution >= 0.6 is 11.3 Å². The lowest BCUT2D eigenvalue weighted by Crippen LogP contribution is -2.27. The largest absolute Gasteiger partial charge is 0.474 e. The Balaban J connectivity index is 1.40. The first-order valence-electron chi connectivity index (χ1n) is 8.63. The van der Waals surface area contributed by atoms with Gasteiger partial charge in [0.1, 0.15) is 11.8 Å². The van der Waals surface area contributed by atoms with E-state index in [1.165, 1.54) is 18.3 Å². The fourth-order valence-corrected chi connectivity index (χ4v) is 4.21. The normalized spacial score (nSPS) is 20.5. The minimum Gasteiger partial charge on any atom is -0.474 e. The van der Waals surface area contributed by atoms with Gasteiger partial charge in [0.15, 0.2) is 11.0 Å². The lowest BCUT2D eigenvalue weighted by atomic mass is 10.2. The molecule has 4 rings (SSSR count). The van der Waals surface area contributed by atoms with Crippen LogP contribution in [0.25, 0.3) is 5.65 Å². The molecule has 1 saturated heterocycles. The molecule has 2 atom stereocenters. The van der Waals surface area contributed by atoms with Crippen molar-refractivity contribution in [3.8, 4) is 5.88 Å². The Hall–Kier alpha value is -2.45. The number of nitrogens with one attached hydrogen (secondary N) is 1. The summed E-state index contributed by atoms with van der Waals surface area (Å²) < 4.78 is 8.22. The number of imidazole rings is 1.